The van der Waals surface area contributed by atoms with Gasteiger partial charge in [0.15, 0.2) is 0 Å². The van der Waals surface area contributed by atoms with Crippen LogP contribution in [-0.4, -0.2) is 10.2 Å². The molecule has 4 N–H and O–H groups in total. The molecule has 3 rings (SSSR count). The maximum atomic E-state index is 12.2. The van der Waals surface area contributed by atoms with E-state index < -0.39 is 0 Å². The quantitative estimate of drug-likeness (QED) is 0.682. The van der Waals surface area contributed by atoms with Crippen LogP contribution in [0.4, 0.5) is 5.82 Å². The molecule has 1 atom stereocenters. The number of halogens is 2. The molecule has 0 amide bonds. The number of rotatable bonds is 3. The van der Waals surface area contributed by atoms with Crippen LogP contribution >= 0.6 is 23.2 Å². The van der Waals surface area contributed by atoms with Gasteiger partial charge in [0.05, 0.1) is 15.6 Å². The van der Waals surface area contributed by atoms with Gasteiger partial charge in [-0.15, -0.1) is 0 Å². The standard InChI is InChI=1S/C16H13Cl2N3O/c17-11-7-6-10(8-12(11)18)13(9-4-2-1-3-5-9)14-15(19)20-21-16(14)22/h1-8,13H,(H4,19,20,21,22). The number of anilines is 1. The van der Waals surface area contributed by atoms with Gasteiger partial charge in [-0.25, -0.2) is 0 Å². The first-order valence-electron chi connectivity index (χ1n) is 6.64. The van der Waals surface area contributed by atoms with Crippen molar-refractivity contribution in [2.75, 3.05) is 5.73 Å². The number of aromatic amines is 2. The fourth-order valence-corrected chi connectivity index (χ4v) is 2.84. The summed E-state index contributed by atoms with van der Waals surface area (Å²) in [6.45, 7) is 0. The molecule has 0 aliphatic heterocycles. The Kier molecular flexibility index (Phi) is 3.96. The molecule has 4 nitrogen and oxygen atoms in total. The summed E-state index contributed by atoms with van der Waals surface area (Å²) in [4.78, 5) is 12.2. The summed E-state index contributed by atoms with van der Waals surface area (Å²) in [6, 6.07) is 14.9. The van der Waals surface area contributed by atoms with Crippen molar-refractivity contribution < 1.29 is 0 Å². The van der Waals surface area contributed by atoms with Crippen LogP contribution in [-0.2, 0) is 0 Å². The molecular weight excluding hydrogens is 321 g/mol. The fourth-order valence-electron chi connectivity index (χ4n) is 2.53. The molecule has 0 spiro atoms. The lowest BCUT2D eigenvalue weighted by molar-refractivity contribution is 0.966. The lowest BCUT2D eigenvalue weighted by Gasteiger charge is -2.17. The van der Waals surface area contributed by atoms with E-state index in [1.54, 1.807) is 12.1 Å². The second-order valence-electron chi connectivity index (χ2n) is 4.92. The molecule has 6 heteroatoms. The monoisotopic (exact) mass is 333 g/mol. The second-order valence-corrected chi connectivity index (χ2v) is 5.74. The molecule has 1 unspecified atom stereocenters. The van der Waals surface area contributed by atoms with E-state index in [-0.39, 0.29) is 11.5 Å². The number of nitrogens with one attached hydrogen (secondary N) is 2. The average molecular weight is 334 g/mol. The number of H-pyrrole nitrogens is 2. The molecule has 0 aliphatic rings. The molecule has 0 fully saturated rings. The third kappa shape index (κ3) is 2.63. The average Bonchev–Trinajstić information content (AvgIpc) is 2.84. The van der Waals surface area contributed by atoms with Crippen LogP contribution in [0.3, 0.4) is 0 Å². The molecule has 0 aliphatic carbocycles. The first kappa shape index (κ1) is 14.8. The molecular formula is C16H13Cl2N3O. The number of aromatic nitrogens is 2. The highest BCUT2D eigenvalue weighted by Crippen LogP contribution is 2.35. The van der Waals surface area contributed by atoms with Crippen LogP contribution < -0.4 is 11.3 Å². The van der Waals surface area contributed by atoms with E-state index in [1.807, 2.05) is 36.4 Å². The number of hydrogen-bond donors (Lipinski definition) is 3. The van der Waals surface area contributed by atoms with Gasteiger partial charge < -0.3 is 5.73 Å². The Morgan fingerprint density at radius 2 is 1.64 bits per heavy atom. The highest BCUT2D eigenvalue weighted by Gasteiger charge is 2.24. The van der Waals surface area contributed by atoms with E-state index in [1.165, 1.54) is 0 Å². The van der Waals surface area contributed by atoms with Crippen LogP contribution in [0.15, 0.2) is 53.3 Å². The molecule has 1 aromatic heterocycles. The van der Waals surface area contributed by atoms with Gasteiger partial charge in [0.2, 0.25) is 0 Å². The van der Waals surface area contributed by atoms with E-state index in [9.17, 15) is 4.79 Å². The van der Waals surface area contributed by atoms with Crippen LogP contribution in [0, 0.1) is 0 Å². The summed E-state index contributed by atoms with van der Waals surface area (Å²) in [5.41, 5.74) is 7.94. The summed E-state index contributed by atoms with van der Waals surface area (Å²) in [5.74, 6) is -0.0177. The van der Waals surface area contributed by atoms with Gasteiger partial charge in [-0.3, -0.25) is 15.0 Å². The Morgan fingerprint density at radius 1 is 0.909 bits per heavy atom. The zero-order chi connectivity index (χ0) is 15.7. The molecule has 0 saturated carbocycles. The van der Waals surface area contributed by atoms with E-state index in [2.05, 4.69) is 10.2 Å². The Bertz CT molecular complexity index is 855. The summed E-state index contributed by atoms with van der Waals surface area (Å²) >= 11 is 12.1. The highest BCUT2D eigenvalue weighted by molar-refractivity contribution is 6.42. The van der Waals surface area contributed by atoms with Crippen molar-refractivity contribution in [3.05, 3.63) is 85.6 Å². The van der Waals surface area contributed by atoms with Crippen molar-refractivity contribution in [3.63, 3.8) is 0 Å². The van der Waals surface area contributed by atoms with Crippen molar-refractivity contribution in [3.8, 4) is 0 Å². The van der Waals surface area contributed by atoms with Crippen LogP contribution in [0.25, 0.3) is 0 Å². The van der Waals surface area contributed by atoms with Crippen molar-refractivity contribution in [2.24, 2.45) is 0 Å². The maximum absolute atomic E-state index is 12.2. The molecule has 0 radical (unpaired) electrons. The lowest BCUT2D eigenvalue weighted by Crippen LogP contribution is -2.15. The van der Waals surface area contributed by atoms with Crippen molar-refractivity contribution in [1.29, 1.82) is 0 Å². The molecule has 1 heterocycles. The lowest BCUT2D eigenvalue weighted by atomic mass is 9.86. The van der Waals surface area contributed by atoms with Crippen molar-refractivity contribution >= 4 is 29.0 Å². The Labute approximate surface area is 136 Å². The Balaban J connectivity index is 2.24. The normalized spacial score (nSPS) is 12.3. The summed E-state index contributed by atoms with van der Waals surface area (Å²) in [5, 5.41) is 6.08. The second kappa shape index (κ2) is 5.91. The maximum Gasteiger partial charge on any atom is 0.270 e. The smallest absolute Gasteiger partial charge is 0.270 e. The van der Waals surface area contributed by atoms with Gasteiger partial charge in [-0.1, -0.05) is 59.6 Å². The summed E-state index contributed by atoms with van der Waals surface area (Å²) < 4.78 is 0. The van der Waals surface area contributed by atoms with Crippen LogP contribution in [0.2, 0.25) is 10.0 Å². The predicted octanol–water partition coefficient (Wildman–Crippen LogP) is 3.77. The number of benzene rings is 2. The van der Waals surface area contributed by atoms with Crippen molar-refractivity contribution in [1.82, 2.24) is 10.2 Å². The van der Waals surface area contributed by atoms with Gasteiger partial charge in [-0.05, 0) is 23.3 Å². The van der Waals surface area contributed by atoms with Gasteiger partial charge in [0.1, 0.15) is 5.82 Å². The zero-order valence-electron chi connectivity index (χ0n) is 11.4. The van der Waals surface area contributed by atoms with Gasteiger partial charge in [-0.2, -0.15) is 0 Å². The van der Waals surface area contributed by atoms with Crippen molar-refractivity contribution in [2.45, 2.75) is 5.92 Å². The fraction of sp³-hybridized carbons (Fsp3) is 0.0625. The molecule has 112 valence electrons. The van der Waals surface area contributed by atoms with E-state index in [0.29, 0.717) is 21.4 Å². The van der Waals surface area contributed by atoms with Gasteiger partial charge in [0.25, 0.3) is 5.56 Å². The first-order valence-corrected chi connectivity index (χ1v) is 7.39. The van der Waals surface area contributed by atoms with Crippen LogP contribution in [0.1, 0.15) is 22.6 Å². The SMILES string of the molecule is Nc1[nH][nH]c(=O)c1C(c1ccccc1)c1ccc(Cl)c(Cl)c1. The molecule has 22 heavy (non-hydrogen) atoms. The molecule has 2 aromatic carbocycles. The number of hydrogen-bond acceptors (Lipinski definition) is 2. The highest BCUT2D eigenvalue weighted by atomic mass is 35.5. The predicted molar refractivity (Wildman–Crippen MR) is 89.7 cm³/mol. The third-order valence-corrected chi connectivity index (χ3v) is 4.28. The summed E-state index contributed by atoms with van der Waals surface area (Å²) in [7, 11) is 0. The minimum Gasteiger partial charge on any atom is -0.384 e. The zero-order valence-corrected chi connectivity index (χ0v) is 12.9. The van der Waals surface area contributed by atoms with Gasteiger partial charge in [0, 0.05) is 5.92 Å². The minimum atomic E-state index is -0.328. The van der Waals surface area contributed by atoms with E-state index >= 15 is 0 Å². The number of nitrogens with two attached hydrogens (primary N) is 1. The van der Waals surface area contributed by atoms with Gasteiger partial charge >= 0.3 is 0 Å². The van der Waals surface area contributed by atoms with E-state index in [0.717, 1.165) is 11.1 Å². The molecule has 3 aromatic rings. The van der Waals surface area contributed by atoms with E-state index in [4.69, 9.17) is 28.9 Å². The summed E-state index contributed by atoms with van der Waals surface area (Å²) in [6.07, 6.45) is 0. The molecule has 0 bridgehead atoms. The first-order chi connectivity index (χ1) is 10.6. The molecule has 0 saturated heterocycles. The largest absolute Gasteiger partial charge is 0.384 e. The third-order valence-electron chi connectivity index (χ3n) is 3.54. The van der Waals surface area contributed by atoms with Crippen LogP contribution in [0.5, 0.6) is 0 Å². The Morgan fingerprint density at radius 3 is 2.23 bits per heavy atom. The topological polar surface area (TPSA) is 74.7 Å². The number of nitrogen functional groups attached to an aromatic ring is 1. The minimum absolute atomic E-state index is 0.252. The Hall–Kier alpha value is -2.17.